The SMILES string of the molecule is Cn1c2ccncc2c2ccc(-c3ccc(OC4CC(CN5CCN6C[C@H](OCCOc7ccc8c(c7)C(=O)N(C7CCC(=O)CC7=O)C8=O)C[C@@]6(C)C5)C4)nc3)cc21. The number of carbonyl (C=O) groups is 4. The van der Waals surface area contributed by atoms with Crippen molar-refractivity contribution in [1.82, 2.24) is 29.2 Å². The van der Waals surface area contributed by atoms with E-state index in [1.54, 1.807) is 18.2 Å². The van der Waals surface area contributed by atoms with E-state index in [1.807, 2.05) is 24.7 Å². The Morgan fingerprint density at radius 1 is 0.847 bits per heavy atom. The molecule has 2 saturated heterocycles. The maximum atomic E-state index is 13.2. The predicted molar refractivity (Wildman–Crippen MR) is 219 cm³/mol. The number of amides is 2. The molecule has 13 nitrogen and oxygen atoms in total. The zero-order valence-corrected chi connectivity index (χ0v) is 33.5. The molecular formula is C46H48N6O7. The van der Waals surface area contributed by atoms with Crippen LogP contribution in [0.4, 0.5) is 0 Å². The van der Waals surface area contributed by atoms with Crippen LogP contribution in [0, 0.1) is 5.92 Å². The number of imide groups is 1. The molecule has 0 spiro atoms. The summed E-state index contributed by atoms with van der Waals surface area (Å²) >= 11 is 0. The van der Waals surface area contributed by atoms with Gasteiger partial charge in [0.05, 0.1) is 41.8 Å². The van der Waals surface area contributed by atoms with E-state index in [2.05, 4.69) is 68.6 Å². The average molecular weight is 797 g/mol. The number of hydrogen-bond donors (Lipinski definition) is 0. The number of piperazine rings is 1. The van der Waals surface area contributed by atoms with Crippen molar-refractivity contribution < 1.29 is 33.4 Å². The molecule has 5 aromatic rings. The number of aryl methyl sites for hydroxylation is 1. The highest BCUT2D eigenvalue weighted by atomic mass is 16.5. The molecule has 0 radical (unpaired) electrons. The van der Waals surface area contributed by atoms with E-state index >= 15 is 0 Å². The summed E-state index contributed by atoms with van der Waals surface area (Å²) < 4.78 is 20.8. The van der Waals surface area contributed by atoms with Gasteiger partial charge in [0.1, 0.15) is 24.2 Å². The van der Waals surface area contributed by atoms with Crippen molar-refractivity contribution in [3.63, 3.8) is 0 Å². The minimum atomic E-state index is -0.889. The fourth-order valence-corrected chi connectivity index (χ4v) is 10.2. The second-order valence-electron chi connectivity index (χ2n) is 17.3. The van der Waals surface area contributed by atoms with Gasteiger partial charge in [-0.05, 0) is 80.5 Å². The Morgan fingerprint density at radius 2 is 1.69 bits per heavy atom. The Morgan fingerprint density at radius 3 is 2.53 bits per heavy atom. The number of carbonyl (C=O) groups excluding carboxylic acids is 4. The monoisotopic (exact) mass is 796 g/mol. The van der Waals surface area contributed by atoms with Crippen LogP contribution in [0.2, 0.25) is 0 Å². The van der Waals surface area contributed by atoms with Crippen molar-refractivity contribution in [2.45, 2.75) is 69.2 Å². The predicted octanol–water partition coefficient (Wildman–Crippen LogP) is 5.48. The zero-order chi connectivity index (χ0) is 40.4. The molecular weight excluding hydrogens is 749 g/mol. The van der Waals surface area contributed by atoms with Crippen molar-refractivity contribution in [1.29, 1.82) is 0 Å². The highest BCUT2D eigenvalue weighted by molar-refractivity contribution is 6.23. The number of benzene rings is 2. The first-order chi connectivity index (χ1) is 28.6. The molecule has 2 aromatic carbocycles. The maximum Gasteiger partial charge on any atom is 0.262 e. The fraction of sp³-hybridized carbons (Fsp3) is 0.435. The van der Waals surface area contributed by atoms with Gasteiger partial charge in [0.15, 0.2) is 5.78 Å². The summed E-state index contributed by atoms with van der Waals surface area (Å²) in [7, 11) is 2.09. The summed E-state index contributed by atoms with van der Waals surface area (Å²) in [6.07, 6.45) is 9.12. The van der Waals surface area contributed by atoms with Crippen LogP contribution in [-0.2, 0) is 21.4 Å². The van der Waals surface area contributed by atoms with E-state index in [9.17, 15) is 19.2 Å². The number of ketones is 2. The normalized spacial score (nSPS) is 26.1. The Labute approximate surface area is 342 Å². The van der Waals surface area contributed by atoms with Gasteiger partial charge in [-0.25, -0.2) is 4.98 Å². The van der Waals surface area contributed by atoms with E-state index in [1.165, 1.54) is 16.4 Å². The second kappa shape index (κ2) is 15.0. The lowest BCUT2D eigenvalue weighted by atomic mass is 9.81. The second-order valence-corrected chi connectivity index (χ2v) is 17.3. The summed E-state index contributed by atoms with van der Waals surface area (Å²) in [4.78, 5) is 65.6. The molecule has 59 heavy (non-hydrogen) atoms. The molecule has 2 amide bonds. The van der Waals surface area contributed by atoms with Crippen molar-refractivity contribution >= 4 is 45.2 Å². The Hall–Kier alpha value is -5.50. The molecule has 5 aliphatic rings. The van der Waals surface area contributed by atoms with E-state index in [4.69, 9.17) is 14.2 Å². The number of pyridine rings is 2. The molecule has 2 aliphatic carbocycles. The van der Waals surface area contributed by atoms with Crippen molar-refractivity contribution in [2.75, 3.05) is 45.9 Å². The first-order valence-corrected chi connectivity index (χ1v) is 20.8. The van der Waals surface area contributed by atoms with Gasteiger partial charge >= 0.3 is 0 Å². The molecule has 3 aromatic heterocycles. The van der Waals surface area contributed by atoms with E-state index < -0.39 is 17.9 Å². The number of rotatable bonds is 11. The van der Waals surface area contributed by atoms with Crippen LogP contribution in [0.15, 0.2) is 73.2 Å². The third kappa shape index (κ3) is 6.98. The number of ether oxygens (including phenoxy) is 3. The van der Waals surface area contributed by atoms with Crippen molar-refractivity contribution in [2.24, 2.45) is 13.0 Å². The smallest absolute Gasteiger partial charge is 0.262 e. The van der Waals surface area contributed by atoms with Gasteiger partial charge < -0.3 is 18.8 Å². The number of Topliss-reactive ketones (excluding diaryl/α,β-unsaturated/α-hetero) is 2. The molecule has 3 atom stereocenters. The average Bonchev–Trinajstić information content (AvgIpc) is 3.80. The minimum absolute atomic E-state index is 0.0519. The van der Waals surface area contributed by atoms with Crippen molar-refractivity contribution in [3.05, 3.63) is 84.3 Å². The van der Waals surface area contributed by atoms with Crippen LogP contribution in [0.25, 0.3) is 32.9 Å². The summed E-state index contributed by atoms with van der Waals surface area (Å²) in [5.41, 5.74) is 5.05. The quantitative estimate of drug-likeness (QED) is 0.0956. The number of fused-ring (bicyclic) bond motifs is 5. The van der Waals surface area contributed by atoms with Gasteiger partial charge in [0.2, 0.25) is 5.88 Å². The highest BCUT2D eigenvalue weighted by Gasteiger charge is 2.47. The molecule has 304 valence electrons. The van der Waals surface area contributed by atoms with Gasteiger partial charge in [0, 0.05) is 98.2 Å². The lowest BCUT2D eigenvalue weighted by Crippen LogP contribution is -2.58. The molecule has 0 bridgehead atoms. The molecule has 2 saturated carbocycles. The molecule has 0 N–H and O–H groups in total. The first-order valence-electron chi connectivity index (χ1n) is 20.8. The van der Waals surface area contributed by atoms with Gasteiger partial charge in [-0.2, -0.15) is 0 Å². The van der Waals surface area contributed by atoms with Gasteiger partial charge in [0.25, 0.3) is 11.8 Å². The van der Waals surface area contributed by atoms with Crippen LogP contribution in [-0.4, -0.2) is 122 Å². The summed E-state index contributed by atoms with van der Waals surface area (Å²) in [6, 6.07) is 16.6. The minimum Gasteiger partial charge on any atom is -0.491 e. The molecule has 1 unspecified atom stereocenters. The Bertz CT molecular complexity index is 2500. The summed E-state index contributed by atoms with van der Waals surface area (Å²) in [5.74, 6) is 0.208. The topological polar surface area (TPSA) is 136 Å². The molecule has 10 rings (SSSR count). The molecule has 6 heterocycles. The largest absolute Gasteiger partial charge is 0.491 e. The zero-order valence-electron chi connectivity index (χ0n) is 33.5. The summed E-state index contributed by atoms with van der Waals surface area (Å²) in [6.45, 7) is 8.09. The van der Waals surface area contributed by atoms with Crippen LogP contribution >= 0.6 is 0 Å². The highest BCUT2D eigenvalue weighted by Crippen LogP contribution is 2.38. The lowest BCUT2D eigenvalue weighted by Gasteiger charge is -2.47. The lowest BCUT2D eigenvalue weighted by molar-refractivity contribution is -0.132. The molecule has 4 fully saturated rings. The summed E-state index contributed by atoms with van der Waals surface area (Å²) in [5, 5.41) is 2.36. The Balaban J connectivity index is 0.660. The van der Waals surface area contributed by atoms with E-state index in [0.717, 1.165) is 73.4 Å². The van der Waals surface area contributed by atoms with Crippen LogP contribution in [0.1, 0.15) is 66.2 Å². The standard InChI is InChI=1S/C46H48N6O7/c1-46-22-34(58-16-15-57-32-6-8-36-37(21-32)45(56)52(44(36)55)40-9-5-31(53)20-42(40)54)26-51(46)14-13-50(27-46)25-28-17-33(18-28)59-43-10-4-30(23-48-43)29-3-7-35-38-24-47-12-11-39(38)49(2)41(35)19-29/h3-4,6-8,10-12,19,21,23-24,28,33-34,40H,5,9,13-18,20,22,25-27H2,1-2H3/t28?,33?,34-,40?,46+/m1/s1. The third-order valence-electron chi connectivity index (χ3n) is 13.3. The fourth-order valence-electron chi connectivity index (χ4n) is 10.2. The third-order valence-corrected chi connectivity index (χ3v) is 13.3. The number of hydrogen-bond acceptors (Lipinski definition) is 11. The number of nitrogens with zero attached hydrogens (tertiary/aromatic N) is 6. The van der Waals surface area contributed by atoms with E-state index in [0.29, 0.717) is 30.8 Å². The molecule has 13 heteroatoms. The van der Waals surface area contributed by atoms with Crippen molar-refractivity contribution in [3.8, 4) is 22.8 Å². The van der Waals surface area contributed by atoms with E-state index in [-0.39, 0.29) is 59.7 Å². The van der Waals surface area contributed by atoms with Crippen LogP contribution in [0.5, 0.6) is 11.6 Å². The van der Waals surface area contributed by atoms with Gasteiger partial charge in [-0.3, -0.25) is 38.9 Å². The number of aromatic nitrogens is 3. The Kier molecular flexibility index (Phi) is 9.57. The van der Waals surface area contributed by atoms with Gasteiger partial charge in [-0.15, -0.1) is 0 Å². The maximum absolute atomic E-state index is 13.2. The molecule has 3 aliphatic heterocycles. The first kappa shape index (κ1) is 37.7. The van der Waals surface area contributed by atoms with Gasteiger partial charge in [-0.1, -0.05) is 12.1 Å². The van der Waals surface area contributed by atoms with Crippen LogP contribution in [0.3, 0.4) is 0 Å². The van der Waals surface area contributed by atoms with Crippen LogP contribution < -0.4 is 9.47 Å².